The van der Waals surface area contributed by atoms with Crippen LogP contribution in [0.15, 0.2) is 0 Å². The molecule has 2 aliphatic heterocycles. The van der Waals surface area contributed by atoms with E-state index in [1.165, 1.54) is 7.11 Å². The molecule has 0 spiro atoms. The van der Waals surface area contributed by atoms with E-state index >= 15 is 0 Å². The molecule has 0 saturated heterocycles. The van der Waals surface area contributed by atoms with Crippen molar-refractivity contribution in [2.45, 2.75) is 112 Å². The predicted molar refractivity (Wildman–Crippen MR) is 153 cm³/mol. The van der Waals surface area contributed by atoms with E-state index in [0.717, 1.165) is 44.7 Å². The molecule has 8 heteroatoms. The molecule has 0 bridgehead atoms. The maximum absolute atomic E-state index is 12.3. The minimum atomic E-state index is -0.960. The van der Waals surface area contributed by atoms with E-state index in [4.69, 9.17) is 18.9 Å². The number of hydrogen-bond donors (Lipinski definition) is 2. The first-order valence-corrected chi connectivity index (χ1v) is 13.7. The van der Waals surface area contributed by atoms with E-state index in [0.29, 0.717) is 29.9 Å². The van der Waals surface area contributed by atoms with Crippen LogP contribution < -0.4 is 9.47 Å². The molecule has 0 unspecified atom stereocenters. The lowest BCUT2D eigenvalue weighted by molar-refractivity contribution is -0.166. The number of rotatable bonds is 3. The summed E-state index contributed by atoms with van der Waals surface area (Å²) in [4.78, 5) is 24.4. The van der Waals surface area contributed by atoms with Gasteiger partial charge in [0.05, 0.1) is 13.2 Å². The fourth-order valence-electron chi connectivity index (χ4n) is 5.53. The minimum Gasteiger partial charge on any atom is -0.507 e. The molecule has 2 aliphatic rings. The van der Waals surface area contributed by atoms with Crippen molar-refractivity contribution in [3.8, 4) is 23.0 Å². The highest BCUT2D eigenvalue weighted by Gasteiger charge is 2.49. The SMILES string of the molecule is COC(=O)[C@H]1c2c(C)c(O)c(C)c(C)c2OC1(C)C.Cc1c(C)c2c(c(C)c1O)CC[C@](C)(C(=O)OC(C)C)O2. The van der Waals surface area contributed by atoms with Crippen LogP contribution in [-0.2, 0) is 25.5 Å². The largest absolute Gasteiger partial charge is 0.507 e. The first kappa shape index (κ1) is 31.1. The third-order valence-corrected chi connectivity index (χ3v) is 8.34. The number of carbonyl (C=O) groups excluding carboxylic acids is 2. The number of aromatic hydroxyl groups is 2. The normalized spacial score (nSPS) is 20.4. The quantitative estimate of drug-likeness (QED) is 0.437. The van der Waals surface area contributed by atoms with Gasteiger partial charge >= 0.3 is 11.9 Å². The van der Waals surface area contributed by atoms with Crippen molar-refractivity contribution >= 4 is 11.9 Å². The molecule has 4 rings (SSSR count). The minimum absolute atomic E-state index is 0.163. The molecule has 0 fully saturated rings. The van der Waals surface area contributed by atoms with Gasteiger partial charge in [-0.3, -0.25) is 4.79 Å². The average Bonchev–Trinajstić information content (AvgIpc) is 3.18. The number of phenols is 2. The molecule has 2 aromatic rings. The number of ether oxygens (including phenoxy) is 4. The summed E-state index contributed by atoms with van der Waals surface area (Å²) in [5.74, 6) is 0.790. The predicted octanol–water partition coefficient (Wildman–Crippen LogP) is 6.10. The topological polar surface area (TPSA) is 112 Å². The lowest BCUT2D eigenvalue weighted by Crippen LogP contribution is -2.46. The van der Waals surface area contributed by atoms with Gasteiger partial charge in [-0.15, -0.1) is 0 Å². The number of methoxy groups -OCH3 is 1. The zero-order valence-electron chi connectivity index (χ0n) is 25.9. The summed E-state index contributed by atoms with van der Waals surface area (Å²) < 4.78 is 22.2. The first-order chi connectivity index (χ1) is 18.4. The fourth-order valence-corrected chi connectivity index (χ4v) is 5.53. The molecule has 2 heterocycles. The Morgan fingerprint density at radius 1 is 0.825 bits per heavy atom. The Bertz CT molecular complexity index is 1350. The monoisotopic (exact) mass is 556 g/mol. The molecule has 0 amide bonds. The summed E-state index contributed by atoms with van der Waals surface area (Å²) in [6, 6.07) is 0. The molecular weight excluding hydrogens is 512 g/mol. The maximum atomic E-state index is 12.3. The fraction of sp³-hybridized carbons (Fsp3) is 0.562. The van der Waals surface area contributed by atoms with Crippen LogP contribution >= 0.6 is 0 Å². The second-order valence-electron chi connectivity index (χ2n) is 11.9. The molecule has 0 radical (unpaired) electrons. The number of phenolic OH excluding ortho intramolecular Hbond substituents is 2. The molecule has 0 aromatic heterocycles. The Morgan fingerprint density at radius 2 is 1.35 bits per heavy atom. The Balaban J connectivity index is 0.000000222. The lowest BCUT2D eigenvalue weighted by Gasteiger charge is -2.36. The van der Waals surface area contributed by atoms with Crippen molar-refractivity contribution in [3.05, 3.63) is 44.5 Å². The van der Waals surface area contributed by atoms with Crippen LogP contribution in [0.25, 0.3) is 0 Å². The first-order valence-electron chi connectivity index (χ1n) is 13.7. The summed E-state index contributed by atoms with van der Waals surface area (Å²) in [5.41, 5.74) is 4.98. The zero-order valence-corrected chi connectivity index (χ0v) is 25.9. The zero-order chi connectivity index (χ0) is 30.5. The van der Waals surface area contributed by atoms with E-state index in [-0.39, 0.29) is 23.8 Å². The van der Waals surface area contributed by atoms with Crippen molar-refractivity contribution in [2.24, 2.45) is 0 Å². The summed E-state index contributed by atoms with van der Waals surface area (Å²) >= 11 is 0. The van der Waals surface area contributed by atoms with Crippen LogP contribution in [0.3, 0.4) is 0 Å². The van der Waals surface area contributed by atoms with Gasteiger partial charge < -0.3 is 29.2 Å². The van der Waals surface area contributed by atoms with Crippen molar-refractivity contribution < 1.29 is 38.7 Å². The van der Waals surface area contributed by atoms with E-state index in [9.17, 15) is 19.8 Å². The molecule has 220 valence electrons. The molecular formula is C32H44O8. The van der Waals surface area contributed by atoms with Gasteiger partial charge in [0.25, 0.3) is 0 Å². The van der Waals surface area contributed by atoms with Gasteiger partial charge in [0, 0.05) is 17.5 Å². The highest BCUT2D eigenvalue weighted by Crippen LogP contribution is 2.51. The van der Waals surface area contributed by atoms with Crippen LogP contribution in [0.5, 0.6) is 23.0 Å². The summed E-state index contributed by atoms with van der Waals surface area (Å²) in [6.45, 7) is 20.4. The second kappa shape index (κ2) is 10.9. The van der Waals surface area contributed by atoms with Gasteiger partial charge in [-0.2, -0.15) is 0 Å². The van der Waals surface area contributed by atoms with E-state index in [1.54, 1.807) is 13.8 Å². The Morgan fingerprint density at radius 3 is 1.88 bits per heavy atom. The standard InChI is InChI=1S/C17H24O4.C15H20O4/c1-9(2)20-16(19)17(6)8-7-13-12(5)14(18)10(3)11(4)15(13)21-17;1-7-8(2)13-10(9(3)12(7)16)11(14(17)18-6)15(4,5)19-13/h9,18H,7-8H2,1-6H3;11,16H,1-6H3/t17-;11-/m11/s1. The Kier molecular flexibility index (Phi) is 8.45. The van der Waals surface area contributed by atoms with E-state index < -0.39 is 17.1 Å². The van der Waals surface area contributed by atoms with Crippen LogP contribution in [0.2, 0.25) is 0 Å². The second-order valence-corrected chi connectivity index (χ2v) is 11.9. The highest BCUT2D eigenvalue weighted by molar-refractivity contribution is 5.84. The van der Waals surface area contributed by atoms with Crippen LogP contribution in [0.4, 0.5) is 0 Å². The number of hydrogen-bond acceptors (Lipinski definition) is 8. The van der Waals surface area contributed by atoms with Crippen LogP contribution in [0, 0.1) is 41.5 Å². The number of carbonyl (C=O) groups is 2. The van der Waals surface area contributed by atoms with Crippen molar-refractivity contribution in [1.82, 2.24) is 0 Å². The number of fused-ring (bicyclic) bond motifs is 2. The van der Waals surface area contributed by atoms with Gasteiger partial charge in [0.15, 0.2) is 0 Å². The van der Waals surface area contributed by atoms with Gasteiger partial charge in [-0.05, 0) is 116 Å². The van der Waals surface area contributed by atoms with Gasteiger partial charge in [-0.25, -0.2) is 4.79 Å². The molecule has 2 aromatic carbocycles. The molecule has 8 nitrogen and oxygen atoms in total. The van der Waals surface area contributed by atoms with Gasteiger partial charge in [0.1, 0.15) is 34.5 Å². The third kappa shape index (κ3) is 5.20. The van der Waals surface area contributed by atoms with Gasteiger partial charge in [-0.1, -0.05) is 0 Å². The average molecular weight is 557 g/mol. The number of esters is 2. The third-order valence-electron chi connectivity index (χ3n) is 8.34. The van der Waals surface area contributed by atoms with Crippen LogP contribution in [-0.4, -0.2) is 46.6 Å². The van der Waals surface area contributed by atoms with E-state index in [1.807, 2.05) is 62.3 Å². The van der Waals surface area contributed by atoms with Crippen LogP contribution in [0.1, 0.15) is 91.5 Å². The molecule has 40 heavy (non-hydrogen) atoms. The smallest absolute Gasteiger partial charge is 0.350 e. The Labute approximate surface area is 237 Å². The van der Waals surface area contributed by atoms with Gasteiger partial charge in [0.2, 0.25) is 5.60 Å². The highest BCUT2D eigenvalue weighted by atomic mass is 16.6. The van der Waals surface area contributed by atoms with Crippen molar-refractivity contribution in [3.63, 3.8) is 0 Å². The molecule has 0 saturated carbocycles. The van der Waals surface area contributed by atoms with Crippen molar-refractivity contribution in [1.29, 1.82) is 0 Å². The molecule has 2 atom stereocenters. The summed E-state index contributed by atoms with van der Waals surface area (Å²) in [6.07, 6.45) is 1.08. The molecule has 0 aliphatic carbocycles. The number of benzene rings is 2. The summed E-state index contributed by atoms with van der Waals surface area (Å²) in [7, 11) is 1.37. The summed E-state index contributed by atoms with van der Waals surface area (Å²) in [5, 5.41) is 20.3. The lowest BCUT2D eigenvalue weighted by atomic mass is 9.83. The van der Waals surface area contributed by atoms with E-state index in [2.05, 4.69) is 0 Å². The molecule has 2 N–H and O–H groups in total. The maximum Gasteiger partial charge on any atom is 0.350 e. The Hall–Kier alpha value is -3.42. The van der Waals surface area contributed by atoms with Crippen molar-refractivity contribution in [2.75, 3.05) is 7.11 Å².